The highest BCUT2D eigenvalue weighted by Crippen LogP contribution is 2.27. The van der Waals surface area contributed by atoms with Gasteiger partial charge in [-0.2, -0.15) is 0 Å². The molecule has 0 aliphatic carbocycles. The van der Waals surface area contributed by atoms with Crippen LogP contribution in [-0.2, 0) is 16.0 Å². The van der Waals surface area contributed by atoms with Gasteiger partial charge in [0.15, 0.2) is 11.8 Å². The number of carboxylic acids is 1. The average Bonchev–Trinajstić information content (AvgIpc) is 3.03. The Balaban J connectivity index is 1.77. The SMILES string of the molecule is O=C(Cc1nc2ccc(O)cc2s1)C1=NC(C(=O)O)CS1. The number of carbonyl (C=O) groups is 2. The molecule has 1 aliphatic heterocycles. The molecular weight excluding hydrogens is 312 g/mol. The third-order valence-electron chi connectivity index (χ3n) is 2.90. The van der Waals surface area contributed by atoms with E-state index in [9.17, 15) is 14.7 Å². The third kappa shape index (κ3) is 2.91. The van der Waals surface area contributed by atoms with Crippen molar-refractivity contribution in [3.05, 3.63) is 23.2 Å². The number of thioether (sulfide) groups is 1. The molecule has 0 spiro atoms. The maximum absolute atomic E-state index is 12.1. The number of phenols is 1. The Hall–Kier alpha value is -1.93. The lowest BCUT2D eigenvalue weighted by atomic mass is 10.3. The van der Waals surface area contributed by atoms with Crippen molar-refractivity contribution in [1.29, 1.82) is 0 Å². The van der Waals surface area contributed by atoms with E-state index in [0.29, 0.717) is 10.8 Å². The molecule has 0 fully saturated rings. The summed E-state index contributed by atoms with van der Waals surface area (Å²) in [7, 11) is 0. The second kappa shape index (κ2) is 5.45. The first-order valence-corrected chi connectivity index (χ1v) is 7.88. The lowest BCUT2D eigenvalue weighted by molar-refractivity contribution is -0.137. The molecule has 3 rings (SSSR count). The number of rotatable bonds is 4. The number of aliphatic carboxylic acids is 1. The number of hydrogen-bond donors (Lipinski definition) is 2. The topological polar surface area (TPSA) is 99.9 Å². The number of fused-ring (bicyclic) bond motifs is 1. The number of phenolic OH excluding ortho intramolecular Hbond substituents is 1. The van der Waals surface area contributed by atoms with Gasteiger partial charge >= 0.3 is 5.97 Å². The van der Waals surface area contributed by atoms with Crippen molar-refractivity contribution >= 4 is 50.1 Å². The Bertz CT molecular complexity index is 769. The summed E-state index contributed by atoms with van der Waals surface area (Å²) in [6.45, 7) is 0. The number of ketones is 1. The van der Waals surface area contributed by atoms with Crippen molar-refractivity contribution in [2.45, 2.75) is 12.5 Å². The highest BCUT2D eigenvalue weighted by Gasteiger charge is 2.28. The summed E-state index contributed by atoms with van der Waals surface area (Å²) < 4.78 is 0.808. The van der Waals surface area contributed by atoms with E-state index in [1.807, 2.05) is 0 Å². The Morgan fingerprint density at radius 3 is 2.90 bits per heavy atom. The van der Waals surface area contributed by atoms with Crippen LogP contribution in [0.3, 0.4) is 0 Å². The molecule has 1 aliphatic rings. The van der Waals surface area contributed by atoms with E-state index in [1.54, 1.807) is 18.2 Å². The molecule has 2 N–H and O–H groups in total. The maximum atomic E-state index is 12.1. The second-order valence-corrected chi connectivity index (χ2v) is 6.58. The fraction of sp³-hybridized carbons (Fsp3) is 0.231. The van der Waals surface area contributed by atoms with Gasteiger partial charge in [-0.25, -0.2) is 9.78 Å². The van der Waals surface area contributed by atoms with Crippen LogP contribution < -0.4 is 0 Å². The molecule has 1 atom stereocenters. The zero-order valence-electron chi connectivity index (χ0n) is 10.6. The third-order valence-corrected chi connectivity index (χ3v) is 5.01. The number of thiazole rings is 1. The van der Waals surface area contributed by atoms with E-state index in [-0.39, 0.29) is 23.0 Å². The van der Waals surface area contributed by atoms with E-state index >= 15 is 0 Å². The molecule has 2 aromatic rings. The molecule has 21 heavy (non-hydrogen) atoms. The van der Waals surface area contributed by atoms with Gasteiger partial charge < -0.3 is 10.2 Å². The van der Waals surface area contributed by atoms with Crippen LogP contribution in [0.25, 0.3) is 10.2 Å². The van der Waals surface area contributed by atoms with E-state index in [0.717, 1.165) is 10.2 Å². The van der Waals surface area contributed by atoms with E-state index in [4.69, 9.17) is 5.11 Å². The Morgan fingerprint density at radius 1 is 1.38 bits per heavy atom. The van der Waals surface area contributed by atoms with Crippen molar-refractivity contribution in [2.75, 3.05) is 5.75 Å². The van der Waals surface area contributed by atoms with Gasteiger partial charge in [0.1, 0.15) is 15.8 Å². The summed E-state index contributed by atoms with van der Waals surface area (Å²) in [5, 5.41) is 19.1. The minimum absolute atomic E-state index is 0.0955. The normalized spacial score (nSPS) is 17.9. The molecule has 2 heterocycles. The van der Waals surface area contributed by atoms with Gasteiger partial charge in [0.25, 0.3) is 0 Å². The predicted molar refractivity (Wildman–Crippen MR) is 81.3 cm³/mol. The number of hydrogen-bond acceptors (Lipinski definition) is 7. The summed E-state index contributed by atoms with van der Waals surface area (Å²) in [5.74, 6) is -0.777. The van der Waals surface area contributed by atoms with Crippen LogP contribution in [0, 0.1) is 0 Å². The first-order valence-electron chi connectivity index (χ1n) is 6.08. The number of aliphatic imine (C=N–C) groups is 1. The van der Waals surface area contributed by atoms with E-state index in [1.165, 1.54) is 23.1 Å². The first kappa shape index (κ1) is 14.0. The lowest BCUT2D eigenvalue weighted by Gasteiger charge is -1.95. The van der Waals surface area contributed by atoms with Crippen molar-refractivity contribution < 1.29 is 19.8 Å². The summed E-state index contributed by atoms with van der Waals surface area (Å²) in [6.07, 6.45) is 0.0955. The van der Waals surface area contributed by atoms with Crippen molar-refractivity contribution in [2.24, 2.45) is 4.99 Å². The predicted octanol–water partition coefficient (Wildman–Crippen LogP) is 1.71. The molecule has 6 nitrogen and oxygen atoms in total. The van der Waals surface area contributed by atoms with Crippen LogP contribution in [0.4, 0.5) is 0 Å². The van der Waals surface area contributed by atoms with Crippen molar-refractivity contribution in [3.8, 4) is 5.75 Å². The van der Waals surface area contributed by atoms with Gasteiger partial charge in [0.05, 0.1) is 16.6 Å². The largest absolute Gasteiger partial charge is 0.508 e. The average molecular weight is 322 g/mol. The molecule has 108 valence electrons. The summed E-state index contributed by atoms with van der Waals surface area (Å²) in [5.41, 5.74) is 0.727. The number of Topliss-reactive ketones (excluding diaryl/α,β-unsaturated/α-hetero) is 1. The van der Waals surface area contributed by atoms with E-state index < -0.39 is 12.0 Å². The number of benzene rings is 1. The second-order valence-electron chi connectivity index (χ2n) is 4.46. The Morgan fingerprint density at radius 2 is 2.19 bits per heavy atom. The number of aromatic nitrogens is 1. The zero-order valence-corrected chi connectivity index (χ0v) is 12.3. The smallest absolute Gasteiger partial charge is 0.329 e. The fourth-order valence-electron chi connectivity index (χ4n) is 1.90. The highest BCUT2D eigenvalue weighted by molar-refractivity contribution is 8.16. The van der Waals surface area contributed by atoms with E-state index in [2.05, 4.69) is 9.98 Å². The molecule has 1 aromatic carbocycles. The Labute approximate surface area is 127 Å². The van der Waals surface area contributed by atoms with Gasteiger partial charge in [-0.3, -0.25) is 9.79 Å². The molecule has 0 radical (unpaired) electrons. The Kier molecular flexibility index (Phi) is 3.64. The molecule has 0 amide bonds. The first-order chi connectivity index (χ1) is 10.0. The van der Waals surface area contributed by atoms with Gasteiger partial charge in [-0.05, 0) is 18.2 Å². The highest BCUT2D eigenvalue weighted by atomic mass is 32.2. The van der Waals surface area contributed by atoms with Gasteiger partial charge in [-0.1, -0.05) is 0 Å². The van der Waals surface area contributed by atoms with Crippen LogP contribution in [0.5, 0.6) is 5.75 Å². The van der Waals surface area contributed by atoms with Gasteiger partial charge in [0.2, 0.25) is 0 Å². The number of carboxylic acid groups (broad SMARTS) is 1. The lowest BCUT2D eigenvalue weighted by Crippen LogP contribution is -2.17. The van der Waals surface area contributed by atoms with Crippen molar-refractivity contribution in [3.63, 3.8) is 0 Å². The van der Waals surface area contributed by atoms with Crippen LogP contribution in [0.1, 0.15) is 5.01 Å². The number of carbonyl (C=O) groups excluding carboxylic acids is 1. The summed E-state index contributed by atoms with van der Waals surface area (Å²) >= 11 is 2.51. The van der Waals surface area contributed by atoms with Crippen LogP contribution in [0.2, 0.25) is 0 Å². The van der Waals surface area contributed by atoms with Gasteiger partial charge in [-0.15, -0.1) is 23.1 Å². The minimum atomic E-state index is -1.01. The minimum Gasteiger partial charge on any atom is -0.508 e. The van der Waals surface area contributed by atoms with Crippen LogP contribution in [0.15, 0.2) is 23.2 Å². The van der Waals surface area contributed by atoms with Gasteiger partial charge in [0, 0.05) is 5.75 Å². The molecule has 1 unspecified atom stereocenters. The summed E-state index contributed by atoms with van der Waals surface area (Å²) in [6, 6.07) is 4.00. The molecule has 0 saturated carbocycles. The molecule has 8 heteroatoms. The van der Waals surface area contributed by atoms with Crippen molar-refractivity contribution in [1.82, 2.24) is 4.98 Å². The fourth-order valence-corrected chi connectivity index (χ4v) is 3.87. The van der Waals surface area contributed by atoms with Crippen LogP contribution >= 0.6 is 23.1 Å². The van der Waals surface area contributed by atoms with Crippen LogP contribution in [-0.4, -0.2) is 43.8 Å². The summed E-state index contributed by atoms with van der Waals surface area (Å²) in [4.78, 5) is 31.2. The molecular formula is C13H10N2O4S2. The number of aromatic hydroxyl groups is 1. The standard InChI is InChI=1S/C13H10N2O4S2/c16-6-1-2-7-10(3-6)21-11(14-7)4-9(17)12-15-8(5-20-12)13(18)19/h1-3,8,16H,4-5H2,(H,18,19). The molecule has 0 saturated heterocycles. The zero-order chi connectivity index (χ0) is 15.0. The monoisotopic (exact) mass is 322 g/mol. The molecule has 0 bridgehead atoms. The maximum Gasteiger partial charge on any atom is 0.329 e. The quantitative estimate of drug-likeness (QED) is 0.889. The molecule has 1 aromatic heterocycles. The number of nitrogens with zero attached hydrogens (tertiary/aromatic N) is 2.